The summed E-state index contributed by atoms with van der Waals surface area (Å²) in [6.45, 7) is 0. The third-order valence-corrected chi connectivity index (χ3v) is 3.80. The zero-order valence-electron chi connectivity index (χ0n) is 16.2. The second-order valence-electron chi connectivity index (χ2n) is 5.66. The van der Waals surface area contributed by atoms with Gasteiger partial charge in [-0.15, -0.1) is 0 Å². The van der Waals surface area contributed by atoms with E-state index in [0.717, 1.165) is 0 Å². The maximum absolute atomic E-state index is 11.3. The van der Waals surface area contributed by atoms with E-state index in [2.05, 4.69) is 9.97 Å². The van der Waals surface area contributed by atoms with Crippen molar-refractivity contribution in [3.05, 3.63) is 72.1 Å². The molecule has 0 atom stereocenters. The maximum Gasteiger partial charge on any atom is 1.00 e. The molecular weight excluding hydrogens is 378 g/mol. The number of para-hydroxylation sites is 2. The second kappa shape index (κ2) is 10.7. The van der Waals surface area contributed by atoms with E-state index >= 15 is 0 Å². The zero-order chi connectivity index (χ0) is 20.3. The average Bonchev–Trinajstić information content (AvgIpc) is 2.68. The number of hydrogen-bond donors (Lipinski definition) is 2. The van der Waals surface area contributed by atoms with E-state index in [9.17, 15) is 19.8 Å². The van der Waals surface area contributed by atoms with Crippen molar-refractivity contribution in [1.82, 2.24) is 9.97 Å². The smallest absolute Gasteiger partial charge is 0.871 e. The second-order valence-corrected chi connectivity index (χ2v) is 5.66. The van der Waals surface area contributed by atoms with Gasteiger partial charge in [-0.05, 0) is 22.9 Å². The van der Waals surface area contributed by atoms with Crippen LogP contribution in [0.15, 0.2) is 60.7 Å². The Morgan fingerprint density at radius 1 is 0.633 bits per heavy atom. The molecule has 30 heavy (non-hydrogen) atoms. The predicted octanol–water partition coefficient (Wildman–Crippen LogP) is -3.98. The summed E-state index contributed by atoms with van der Waals surface area (Å²) >= 11 is 0. The molecule has 140 valence electrons. The van der Waals surface area contributed by atoms with E-state index in [0.29, 0.717) is 10.8 Å². The van der Waals surface area contributed by atoms with Crippen molar-refractivity contribution < 1.29 is 67.7 Å². The maximum atomic E-state index is 11.3. The zero-order valence-corrected chi connectivity index (χ0v) is 16.2. The van der Waals surface area contributed by atoms with Crippen molar-refractivity contribution in [2.75, 3.05) is 0 Å². The molecule has 2 heterocycles. The molecule has 0 saturated heterocycles. The van der Waals surface area contributed by atoms with Crippen molar-refractivity contribution in [3.63, 3.8) is 0 Å². The number of hydrogen-bond acceptors (Lipinski definition) is 6. The van der Waals surface area contributed by atoms with Crippen molar-refractivity contribution in [2.45, 2.75) is 0 Å². The molecule has 0 aliphatic rings. The number of pyridine rings is 2. The molecule has 10 heteroatoms. The summed E-state index contributed by atoms with van der Waals surface area (Å²) in [7, 11) is 0. The van der Waals surface area contributed by atoms with Crippen LogP contribution in [0.5, 0.6) is 11.5 Å². The van der Waals surface area contributed by atoms with Crippen LogP contribution in [-0.4, -0.2) is 32.1 Å². The molecule has 4 aromatic rings. The quantitative estimate of drug-likeness (QED) is 0.330. The number of rotatable bonds is 2. The summed E-state index contributed by atoms with van der Waals surface area (Å²) in [6, 6.07) is 15.3. The molecule has 0 unspecified atom stereocenters. The Hall–Kier alpha value is -3.01. The van der Waals surface area contributed by atoms with Gasteiger partial charge in [0.15, 0.2) is 0 Å². The van der Waals surface area contributed by atoms with Crippen LogP contribution in [0.2, 0.25) is 0 Å². The van der Waals surface area contributed by atoms with Crippen LogP contribution in [0.1, 0.15) is 21.0 Å². The molecular formula is C20H12Li2N2O6. The molecule has 0 bridgehead atoms. The number of nitrogens with zero attached hydrogens (tertiary/aromatic N) is 2. The fourth-order valence-electron chi connectivity index (χ4n) is 2.48. The molecule has 2 N–H and O–H groups in total. The Balaban J connectivity index is 0.000000281. The van der Waals surface area contributed by atoms with E-state index in [-0.39, 0.29) is 71.6 Å². The number of aromatic carboxylic acids is 2. The van der Waals surface area contributed by atoms with Crippen LogP contribution in [0.4, 0.5) is 0 Å². The fraction of sp³-hybridized carbons (Fsp3) is 0. The van der Waals surface area contributed by atoms with Crippen LogP contribution >= 0.6 is 0 Å². The van der Waals surface area contributed by atoms with Crippen molar-refractivity contribution in [2.24, 2.45) is 0 Å². The van der Waals surface area contributed by atoms with E-state index in [4.69, 9.17) is 10.2 Å². The molecule has 0 spiro atoms. The molecule has 8 nitrogen and oxygen atoms in total. The van der Waals surface area contributed by atoms with Gasteiger partial charge in [0.1, 0.15) is 11.4 Å². The van der Waals surface area contributed by atoms with Gasteiger partial charge in [-0.3, -0.25) is 0 Å². The van der Waals surface area contributed by atoms with Crippen LogP contribution in [0.25, 0.3) is 21.8 Å². The third kappa shape index (κ3) is 5.53. The summed E-state index contributed by atoms with van der Waals surface area (Å²) in [6.07, 6.45) is 0. The van der Waals surface area contributed by atoms with Crippen LogP contribution in [0, 0.1) is 0 Å². The van der Waals surface area contributed by atoms with Gasteiger partial charge >= 0.3 is 49.7 Å². The summed E-state index contributed by atoms with van der Waals surface area (Å²) in [5.41, 5.74) is 0.182. The minimum Gasteiger partial charge on any atom is -0.871 e. The van der Waals surface area contributed by atoms with E-state index in [1.165, 1.54) is 24.3 Å². The van der Waals surface area contributed by atoms with Gasteiger partial charge < -0.3 is 20.4 Å². The van der Waals surface area contributed by atoms with Crippen LogP contribution in [-0.2, 0) is 0 Å². The normalized spacial score (nSPS) is 9.60. The van der Waals surface area contributed by atoms with Crippen molar-refractivity contribution in [1.29, 1.82) is 0 Å². The topological polar surface area (TPSA) is 146 Å². The summed E-state index contributed by atoms with van der Waals surface area (Å²) in [4.78, 5) is 28.7. The molecule has 2 aromatic carbocycles. The van der Waals surface area contributed by atoms with Gasteiger partial charge in [-0.1, -0.05) is 60.0 Å². The first kappa shape index (κ1) is 25.0. The summed E-state index contributed by atoms with van der Waals surface area (Å²) < 4.78 is 0. The molecule has 4 rings (SSSR count). The number of carboxylic acid groups (broad SMARTS) is 2. The average molecular weight is 390 g/mol. The van der Waals surface area contributed by atoms with Crippen LogP contribution < -0.4 is 47.9 Å². The van der Waals surface area contributed by atoms with Gasteiger partial charge in [0, 0.05) is 0 Å². The summed E-state index contributed by atoms with van der Waals surface area (Å²) in [5, 5.41) is 41.2. The Morgan fingerprint density at radius 3 is 1.33 bits per heavy atom. The van der Waals surface area contributed by atoms with E-state index < -0.39 is 11.9 Å². The molecule has 0 fully saturated rings. The number of aromatic nitrogens is 2. The van der Waals surface area contributed by atoms with Gasteiger partial charge in [0.25, 0.3) is 0 Å². The number of fused-ring (bicyclic) bond motifs is 2. The predicted molar refractivity (Wildman–Crippen MR) is 96.3 cm³/mol. The molecule has 2 aromatic heterocycles. The first-order valence-corrected chi connectivity index (χ1v) is 7.97. The fourth-order valence-corrected chi connectivity index (χ4v) is 2.48. The molecule has 0 amide bonds. The number of carboxylic acids is 2. The van der Waals surface area contributed by atoms with Gasteiger partial charge in [0.2, 0.25) is 0 Å². The number of carbonyl (C=O) groups is 2. The molecule has 0 aliphatic carbocycles. The Morgan fingerprint density at radius 2 is 1.00 bits per heavy atom. The Bertz CT molecular complexity index is 1120. The number of benzene rings is 2. The SMILES string of the molecule is O=C(O)c1ccc2cccc([O-])c2n1.O=C(O)c1ccc2cccc([O-])c2n1.[Li+].[Li+]. The van der Waals surface area contributed by atoms with E-state index in [1.807, 2.05) is 0 Å². The standard InChI is InChI=1S/2C10H7NO3.2Li/c2*12-8-3-1-2-6-4-5-7(10(13)14)11-9(6)8;;/h2*1-5,12H,(H,13,14);;/q;;2*+1/p-2. The van der Waals surface area contributed by atoms with Crippen molar-refractivity contribution in [3.8, 4) is 11.5 Å². The van der Waals surface area contributed by atoms with Gasteiger partial charge in [-0.25, -0.2) is 19.6 Å². The molecule has 0 saturated carbocycles. The third-order valence-electron chi connectivity index (χ3n) is 3.80. The van der Waals surface area contributed by atoms with Gasteiger partial charge in [0.05, 0.1) is 11.0 Å². The molecule has 0 aliphatic heterocycles. The summed E-state index contributed by atoms with van der Waals surface area (Å²) in [5.74, 6) is -2.78. The monoisotopic (exact) mass is 390 g/mol. The van der Waals surface area contributed by atoms with Crippen LogP contribution in [0.3, 0.4) is 0 Å². The first-order valence-electron chi connectivity index (χ1n) is 7.97. The minimum absolute atomic E-state index is 0. The largest absolute Gasteiger partial charge is 1.00 e. The van der Waals surface area contributed by atoms with Gasteiger partial charge in [-0.2, -0.15) is 0 Å². The first-order chi connectivity index (χ1) is 13.4. The Labute approximate surface area is 194 Å². The molecule has 0 radical (unpaired) electrons. The van der Waals surface area contributed by atoms with Crippen molar-refractivity contribution >= 4 is 33.7 Å². The minimum atomic E-state index is -1.13. The Kier molecular flexibility index (Phi) is 8.91. The van der Waals surface area contributed by atoms with E-state index in [1.54, 1.807) is 36.4 Å².